The Balaban J connectivity index is 1.59. The number of rotatable bonds is 6. The summed E-state index contributed by atoms with van der Waals surface area (Å²) in [6.07, 6.45) is 2.40. The van der Waals surface area contributed by atoms with Gasteiger partial charge in [0.1, 0.15) is 11.1 Å². The van der Waals surface area contributed by atoms with E-state index in [9.17, 15) is 25.0 Å². The molecule has 1 heterocycles. The minimum absolute atomic E-state index is 0.175. The first-order chi connectivity index (χ1) is 13.9. The fourth-order valence-corrected chi connectivity index (χ4v) is 4.69. The number of ether oxygens (including phenoxy) is 1. The number of nitro groups is 1. The van der Waals surface area contributed by atoms with Gasteiger partial charge in [-0.25, -0.2) is 0 Å². The van der Waals surface area contributed by atoms with Crippen molar-refractivity contribution in [2.24, 2.45) is 5.92 Å². The van der Waals surface area contributed by atoms with Gasteiger partial charge in [-0.2, -0.15) is 5.26 Å². The summed E-state index contributed by atoms with van der Waals surface area (Å²) in [4.78, 5) is 35.7. The summed E-state index contributed by atoms with van der Waals surface area (Å²) in [6, 6.07) is 8.03. The largest absolute Gasteiger partial charge is 0.455 e. The Kier molecular flexibility index (Phi) is 6.24. The highest BCUT2D eigenvalue weighted by atomic mass is 32.1. The SMILES string of the molecule is C[C@@H]1CCc2c(sc(NC(=O)COC(=O)Cc3ccccc3[N+](=O)[O-])c2C#N)C1. The molecular formula is C20H19N3O5S. The molecule has 0 saturated carbocycles. The summed E-state index contributed by atoms with van der Waals surface area (Å²) in [7, 11) is 0. The zero-order valence-corrected chi connectivity index (χ0v) is 16.6. The lowest BCUT2D eigenvalue weighted by Crippen LogP contribution is -2.21. The molecule has 0 aliphatic heterocycles. The molecule has 0 fully saturated rings. The van der Waals surface area contributed by atoms with E-state index in [0.29, 0.717) is 16.5 Å². The molecule has 1 aliphatic rings. The predicted molar refractivity (Wildman–Crippen MR) is 107 cm³/mol. The van der Waals surface area contributed by atoms with Crippen LogP contribution in [0.3, 0.4) is 0 Å². The zero-order valence-electron chi connectivity index (χ0n) is 15.8. The molecule has 0 saturated heterocycles. The van der Waals surface area contributed by atoms with Crippen molar-refractivity contribution in [1.82, 2.24) is 0 Å². The summed E-state index contributed by atoms with van der Waals surface area (Å²) >= 11 is 1.39. The van der Waals surface area contributed by atoms with Crippen LogP contribution in [-0.2, 0) is 33.6 Å². The van der Waals surface area contributed by atoms with Gasteiger partial charge in [0, 0.05) is 16.5 Å². The Morgan fingerprint density at radius 3 is 2.90 bits per heavy atom. The third kappa shape index (κ3) is 4.78. The van der Waals surface area contributed by atoms with E-state index in [0.717, 1.165) is 29.7 Å². The second-order valence-corrected chi connectivity index (χ2v) is 8.04. The highest BCUT2D eigenvalue weighted by Crippen LogP contribution is 2.39. The number of thiophene rings is 1. The van der Waals surface area contributed by atoms with Gasteiger partial charge in [-0.3, -0.25) is 19.7 Å². The third-order valence-corrected chi connectivity index (χ3v) is 5.93. The lowest BCUT2D eigenvalue weighted by atomic mass is 9.89. The van der Waals surface area contributed by atoms with Crippen molar-refractivity contribution in [3.8, 4) is 6.07 Å². The van der Waals surface area contributed by atoms with E-state index in [1.165, 1.54) is 29.5 Å². The molecule has 1 amide bonds. The normalized spacial score (nSPS) is 15.1. The number of benzene rings is 1. The van der Waals surface area contributed by atoms with Crippen LogP contribution >= 0.6 is 11.3 Å². The van der Waals surface area contributed by atoms with E-state index in [2.05, 4.69) is 18.3 Å². The van der Waals surface area contributed by atoms with Crippen molar-refractivity contribution < 1.29 is 19.2 Å². The Labute approximate surface area is 171 Å². The molecule has 1 atom stereocenters. The molecular weight excluding hydrogens is 394 g/mol. The van der Waals surface area contributed by atoms with E-state index in [1.54, 1.807) is 6.07 Å². The molecule has 1 aliphatic carbocycles. The minimum Gasteiger partial charge on any atom is -0.455 e. The molecule has 150 valence electrons. The van der Waals surface area contributed by atoms with Crippen molar-refractivity contribution in [1.29, 1.82) is 5.26 Å². The van der Waals surface area contributed by atoms with Crippen LogP contribution in [0.2, 0.25) is 0 Å². The third-order valence-electron chi connectivity index (χ3n) is 4.76. The van der Waals surface area contributed by atoms with Crippen LogP contribution < -0.4 is 5.32 Å². The summed E-state index contributed by atoms with van der Waals surface area (Å²) < 4.78 is 4.96. The maximum Gasteiger partial charge on any atom is 0.311 e. The average molecular weight is 413 g/mol. The molecule has 29 heavy (non-hydrogen) atoms. The lowest BCUT2D eigenvalue weighted by Gasteiger charge is -2.17. The highest BCUT2D eigenvalue weighted by molar-refractivity contribution is 7.16. The average Bonchev–Trinajstić information content (AvgIpc) is 3.02. The number of hydrogen-bond acceptors (Lipinski definition) is 7. The first kappa shape index (κ1) is 20.5. The van der Waals surface area contributed by atoms with Crippen molar-refractivity contribution in [2.45, 2.75) is 32.6 Å². The molecule has 3 rings (SSSR count). The maximum atomic E-state index is 12.2. The molecule has 0 radical (unpaired) electrons. The van der Waals surface area contributed by atoms with Gasteiger partial charge in [-0.05, 0) is 30.7 Å². The minimum atomic E-state index is -0.741. The molecule has 1 aromatic heterocycles. The molecule has 0 bridgehead atoms. The van der Waals surface area contributed by atoms with E-state index in [4.69, 9.17) is 4.74 Å². The quantitative estimate of drug-likeness (QED) is 0.440. The van der Waals surface area contributed by atoms with Crippen LogP contribution in [0, 0.1) is 27.4 Å². The number of anilines is 1. The van der Waals surface area contributed by atoms with Gasteiger partial charge in [0.25, 0.3) is 11.6 Å². The fraction of sp³-hybridized carbons (Fsp3) is 0.350. The van der Waals surface area contributed by atoms with E-state index < -0.39 is 23.4 Å². The number of fused-ring (bicyclic) bond motifs is 1. The number of nitrogens with one attached hydrogen (secondary N) is 1. The Bertz CT molecular complexity index is 1010. The van der Waals surface area contributed by atoms with Crippen LogP contribution in [-0.4, -0.2) is 23.4 Å². The predicted octanol–water partition coefficient (Wildman–Crippen LogP) is 3.38. The summed E-state index contributed by atoms with van der Waals surface area (Å²) in [5.74, 6) is -0.752. The number of carbonyl (C=O) groups excluding carboxylic acids is 2. The molecule has 2 aromatic rings. The Morgan fingerprint density at radius 1 is 1.41 bits per heavy atom. The highest BCUT2D eigenvalue weighted by Gasteiger charge is 2.25. The second kappa shape index (κ2) is 8.84. The fourth-order valence-electron chi connectivity index (χ4n) is 3.31. The molecule has 1 aromatic carbocycles. The molecule has 8 nitrogen and oxygen atoms in total. The van der Waals surface area contributed by atoms with Gasteiger partial charge in [0.15, 0.2) is 6.61 Å². The summed E-state index contributed by atoms with van der Waals surface area (Å²) in [6.45, 7) is 1.63. The van der Waals surface area contributed by atoms with Gasteiger partial charge in [0.2, 0.25) is 0 Å². The number of para-hydroxylation sites is 1. The van der Waals surface area contributed by atoms with E-state index >= 15 is 0 Å². The second-order valence-electron chi connectivity index (χ2n) is 6.94. The van der Waals surface area contributed by atoms with Gasteiger partial charge < -0.3 is 10.1 Å². The Morgan fingerprint density at radius 2 is 2.17 bits per heavy atom. The molecule has 1 N–H and O–H groups in total. The number of amides is 1. The van der Waals surface area contributed by atoms with E-state index in [-0.39, 0.29) is 17.7 Å². The van der Waals surface area contributed by atoms with Gasteiger partial charge >= 0.3 is 5.97 Å². The lowest BCUT2D eigenvalue weighted by molar-refractivity contribution is -0.385. The van der Waals surface area contributed by atoms with E-state index in [1.807, 2.05) is 0 Å². The van der Waals surface area contributed by atoms with Crippen molar-refractivity contribution in [2.75, 3.05) is 11.9 Å². The van der Waals surface area contributed by atoms with Crippen LogP contribution in [0.15, 0.2) is 24.3 Å². The number of esters is 1. The zero-order chi connectivity index (χ0) is 21.0. The smallest absolute Gasteiger partial charge is 0.311 e. The first-order valence-corrected chi connectivity index (χ1v) is 9.93. The molecule has 0 spiro atoms. The summed E-state index contributed by atoms with van der Waals surface area (Å²) in [5, 5.41) is 23.6. The van der Waals surface area contributed by atoms with Crippen LogP contribution in [0.1, 0.15) is 34.9 Å². The van der Waals surface area contributed by atoms with Gasteiger partial charge in [-0.15, -0.1) is 11.3 Å². The first-order valence-electron chi connectivity index (χ1n) is 9.11. The number of nitrogens with zero attached hydrogens (tertiary/aromatic N) is 2. The van der Waals surface area contributed by atoms with Crippen LogP contribution in [0.4, 0.5) is 10.7 Å². The number of carbonyl (C=O) groups is 2. The molecule has 0 unspecified atom stereocenters. The van der Waals surface area contributed by atoms with Crippen molar-refractivity contribution in [3.63, 3.8) is 0 Å². The number of nitro benzene ring substituents is 1. The van der Waals surface area contributed by atoms with Crippen molar-refractivity contribution in [3.05, 3.63) is 55.9 Å². The summed E-state index contributed by atoms with van der Waals surface area (Å²) in [5.41, 5.74) is 1.52. The van der Waals surface area contributed by atoms with Crippen LogP contribution in [0.25, 0.3) is 0 Å². The number of hydrogen-bond donors (Lipinski definition) is 1. The maximum absolute atomic E-state index is 12.2. The standard InChI is InChI=1S/C20H19N3O5S/c1-12-6-7-14-15(10-21)20(29-17(14)8-12)22-18(24)11-28-19(25)9-13-4-2-3-5-16(13)23(26)27/h2-5,12H,6-9,11H2,1H3,(H,22,24)/t12-/m1/s1. The van der Waals surface area contributed by atoms with Crippen LogP contribution in [0.5, 0.6) is 0 Å². The molecule has 9 heteroatoms. The van der Waals surface area contributed by atoms with Gasteiger partial charge in [0.05, 0.1) is 16.9 Å². The number of nitriles is 1. The Hall–Kier alpha value is -3.25. The topological polar surface area (TPSA) is 122 Å². The van der Waals surface area contributed by atoms with Gasteiger partial charge in [-0.1, -0.05) is 25.1 Å². The monoisotopic (exact) mass is 413 g/mol. The van der Waals surface area contributed by atoms with Crippen molar-refractivity contribution >= 4 is 33.9 Å².